The Morgan fingerprint density at radius 1 is 1.22 bits per heavy atom. The average Bonchev–Trinajstić information content (AvgIpc) is 2.53. The number of aliphatic carboxylic acids is 2. The Labute approximate surface area is 132 Å². The molecule has 0 radical (unpaired) electrons. The quantitative estimate of drug-likeness (QED) is 0.440. The third-order valence-corrected chi connectivity index (χ3v) is 3.49. The first-order valence-corrected chi connectivity index (χ1v) is 6.68. The predicted molar refractivity (Wildman–Crippen MR) is 78.7 cm³/mol. The molecule has 0 bridgehead atoms. The lowest BCUT2D eigenvalue weighted by Gasteiger charge is -2.34. The number of nitrogens with zero attached hydrogens (tertiary/aromatic N) is 1. The largest absolute Gasteiger partial charge is 0.473 e. The van der Waals surface area contributed by atoms with Crippen LogP contribution in [0.1, 0.15) is 24.8 Å². The number of carbonyl (C=O) groups is 3. The Morgan fingerprint density at radius 2 is 1.74 bits per heavy atom. The Bertz CT molecular complexity index is 637. The van der Waals surface area contributed by atoms with Crippen LogP contribution in [-0.4, -0.2) is 39.1 Å². The van der Waals surface area contributed by atoms with E-state index in [9.17, 15) is 9.90 Å². The Balaban J connectivity index is 0.000000379. The van der Waals surface area contributed by atoms with Gasteiger partial charge in [0, 0.05) is 0 Å². The molecule has 8 heteroatoms. The smallest absolute Gasteiger partial charge is 0.414 e. The molecular formula is C15H16N2O6. The summed E-state index contributed by atoms with van der Waals surface area (Å²) in [5, 5.41) is 24.4. The molecule has 0 aliphatic heterocycles. The zero-order chi connectivity index (χ0) is 17.6. The molecule has 1 aliphatic rings. The van der Waals surface area contributed by atoms with Gasteiger partial charge in [0.1, 0.15) is 11.6 Å². The molecule has 1 fully saturated rings. The van der Waals surface area contributed by atoms with E-state index in [4.69, 9.17) is 32.1 Å². The van der Waals surface area contributed by atoms with Gasteiger partial charge in [0.15, 0.2) is 11.5 Å². The molecule has 122 valence electrons. The molecule has 0 spiro atoms. The van der Waals surface area contributed by atoms with Gasteiger partial charge in [-0.05, 0) is 24.8 Å². The topological polar surface area (TPSA) is 142 Å². The van der Waals surface area contributed by atoms with E-state index < -0.39 is 23.6 Å². The lowest BCUT2D eigenvalue weighted by atomic mass is 9.75. The van der Waals surface area contributed by atoms with Gasteiger partial charge in [0.05, 0.1) is 6.57 Å². The second-order valence-electron chi connectivity index (χ2n) is 5.01. The molecule has 1 aliphatic carbocycles. The third kappa shape index (κ3) is 4.35. The third-order valence-electron chi connectivity index (χ3n) is 3.49. The average molecular weight is 320 g/mol. The molecule has 2 rings (SSSR count). The Morgan fingerprint density at radius 3 is 2.17 bits per heavy atom. The van der Waals surface area contributed by atoms with Crippen LogP contribution >= 0.6 is 0 Å². The number of hydrogen-bond donors (Lipinski definition) is 4. The van der Waals surface area contributed by atoms with Crippen LogP contribution in [0.15, 0.2) is 24.3 Å². The number of carboxylic acids is 2. The number of hydrogen-bond acceptors (Lipinski definition) is 5. The van der Waals surface area contributed by atoms with Gasteiger partial charge in [-0.3, -0.25) is 4.79 Å². The predicted octanol–water partition coefficient (Wildman–Crippen LogP) is 0.661. The Hall–Kier alpha value is -2.76. The van der Waals surface area contributed by atoms with Crippen molar-refractivity contribution in [3.63, 3.8) is 0 Å². The first-order chi connectivity index (χ1) is 10.7. The van der Waals surface area contributed by atoms with Gasteiger partial charge in [-0.15, -0.1) is 0 Å². The van der Waals surface area contributed by atoms with E-state index in [1.54, 1.807) is 24.3 Å². The highest BCUT2D eigenvalue weighted by Crippen LogP contribution is 2.33. The van der Waals surface area contributed by atoms with E-state index in [1.807, 2.05) is 0 Å². The van der Waals surface area contributed by atoms with Crippen molar-refractivity contribution in [2.45, 2.75) is 30.9 Å². The molecule has 0 heterocycles. The van der Waals surface area contributed by atoms with Crippen molar-refractivity contribution >= 4 is 23.4 Å². The number of rotatable bonds is 1. The van der Waals surface area contributed by atoms with Crippen LogP contribution in [0.2, 0.25) is 0 Å². The maximum Gasteiger partial charge on any atom is 0.414 e. The van der Waals surface area contributed by atoms with Crippen LogP contribution in [0.3, 0.4) is 0 Å². The summed E-state index contributed by atoms with van der Waals surface area (Å²) in [5.41, 5.74) is 6.21. The first-order valence-electron chi connectivity index (χ1n) is 6.68. The molecule has 23 heavy (non-hydrogen) atoms. The minimum Gasteiger partial charge on any atom is -0.473 e. The second kappa shape index (κ2) is 7.49. The normalized spacial score (nSPS) is 23.2. The zero-order valence-electron chi connectivity index (χ0n) is 12.1. The number of nitrogens with two attached hydrogens (primary N) is 1. The van der Waals surface area contributed by atoms with Crippen molar-refractivity contribution in [1.82, 2.24) is 0 Å². The van der Waals surface area contributed by atoms with Crippen LogP contribution in [0.4, 0.5) is 5.69 Å². The summed E-state index contributed by atoms with van der Waals surface area (Å²) in [6, 6.07) is 6.68. The van der Waals surface area contributed by atoms with E-state index in [0.717, 1.165) is 6.42 Å². The summed E-state index contributed by atoms with van der Waals surface area (Å²) in [4.78, 5) is 33.5. The van der Waals surface area contributed by atoms with Crippen molar-refractivity contribution in [2.75, 3.05) is 0 Å². The monoisotopic (exact) mass is 320 g/mol. The number of carbonyl (C=O) groups excluding carboxylic acids is 1. The number of aliphatic hydroxyl groups excluding tert-OH is 1. The van der Waals surface area contributed by atoms with Crippen molar-refractivity contribution in [2.24, 2.45) is 5.73 Å². The molecule has 5 N–H and O–H groups in total. The molecule has 0 amide bonds. The van der Waals surface area contributed by atoms with E-state index >= 15 is 0 Å². The van der Waals surface area contributed by atoms with Crippen molar-refractivity contribution in [3.8, 4) is 0 Å². The molecule has 0 saturated heterocycles. The number of benzene rings is 1. The van der Waals surface area contributed by atoms with Crippen LogP contribution < -0.4 is 5.73 Å². The van der Waals surface area contributed by atoms with Gasteiger partial charge in [0.2, 0.25) is 0 Å². The lowest BCUT2D eigenvalue weighted by Crippen LogP contribution is -2.52. The fraction of sp³-hybridized carbons (Fsp3) is 0.333. The maximum absolute atomic E-state index is 12.0. The number of ketones is 1. The van der Waals surface area contributed by atoms with Gasteiger partial charge in [-0.1, -0.05) is 24.3 Å². The van der Waals surface area contributed by atoms with E-state index in [1.165, 1.54) is 0 Å². The highest BCUT2D eigenvalue weighted by atomic mass is 16.4. The summed E-state index contributed by atoms with van der Waals surface area (Å²) in [5.74, 6) is -3.97. The van der Waals surface area contributed by atoms with Crippen LogP contribution in [0.5, 0.6) is 0 Å². The molecule has 2 atom stereocenters. The summed E-state index contributed by atoms with van der Waals surface area (Å²) >= 11 is 0. The maximum atomic E-state index is 12.0. The standard InChI is InChI=1S/C13H14N2O2.C2H2O4/c1-15-10-6-4-9(5-7-10)13(14)8-2-3-11(16)12(13)17;3-1(4)2(5)6/h4-7,11,16H,2-3,8,14H2;(H,3,4)(H,5,6). The summed E-state index contributed by atoms with van der Waals surface area (Å²) < 4.78 is 0. The van der Waals surface area contributed by atoms with Gasteiger partial charge < -0.3 is 21.1 Å². The summed E-state index contributed by atoms with van der Waals surface area (Å²) in [7, 11) is 0. The minimum atomic E-state index is -1.82. The van der Waals surface area contributed by atoms with Gasteiger partial charge >= 0.3 is 11.9 Å². The number of aliphatic hydroxyl groups is 1. The molecule has 1 saturated carbocycles. The highest BCUT2D eigenvalue weighted by Gasteiger charge is 2.42. The van der Waals surface area contributed by atoms with Crippen LogP contribution in [0.25, 0.3) is 4.85 Å². The van der Waals surface area contributed by atoms with Crippen LogP contribution in [0, 0.1) is 6.57 Å². The fourth-order valence-corrected chi connectivity index (χ4v) is 2.25. The number of Topliss-reactive ketones (excluding diaryl/α,β-unsaturated/α-hetero) is 1. The number of carboxylic acid groups (broad SMARTS) is 2. The van der Waals surface area contributed by atoms with Crippen LogP contribution in [-0.2, 0) is 19.9 Å². The highest BCUT2D eigenvalue weighted by molar-refractivity contribution is 6.27. The van der Waals surface area contributed by atoms with E-state index in [-0.39, 0.29) is 5.78 Å². The molecule has 1 aromatic carbocycles. The van der Waals surface area contributed by atoms with E-state index in [0.29, 0.717) is 24.1 Å². The van der Waals surface area contributed by atoms with Crippen molar-refractivity contribution in [3.05, 3.63) is 41.2 Å². The molecule has 2 unspecified atom stereocenters. The fourth-order valence-electron chi connectivity index (χ4n) is 2.25. The molecular weight excluding hydrogens is 304 g/mol. The summed E-state index contributed by atoms with van der Waals surface area (Å²) in [6.07, 6.45) is 0.792. The molecule has 0 aromatic heterocycles. The Kier molecular flexibility index (Phi) is 5.95. The van der Waals surface area contributed by atoms with Crippen molar-refractivity contribution in [1.29, 1.82) is 0 Å². The van der Waals surface area contributed by atoms with Gasteiger partial charge in [-0.2, -0.15) is 0 Å². The van der Waals surface area contributed by atoms with Crippen molar-refractivity contribution < 1.29 is 29.7 Å². The zero-order valence-corrected chi connectivity index (χ0v) is 12.1. The molecule has 8 nitrogen and oxygen atoms in total. The summed E-state index contributed by atoms with van der Waals surface area (Å²) in [6.45, 7) is 6.87. The van der Waals surface area contributed by atoms with E-state index in [2.05, 4.69) is 4.85 Å². The first kappa shape index (κ1) is 18.3. The minimum absolute atomic E-state index is 0.320. The molecule has 1 aromatic rings. The second-order valence-corrected chi connectivity index (χ2v) is 5.01. The lowest BCUT2D eigenvalue weighted by molar-refractivity contribution is -0.159. The van der Waals surface area contributed by atoms with Gasteiger partial charge in [-0.25, -0.2) is 14.4 Å². The SMILES string of the molecule is O=C(O)C(=O)O.[C-]#[N+]c1ccc(C2(N)CCCC(O)C2=O)cc1. The van der Waals surface area contributed by atoms with Gasteiger partial charge in [0.25, 0.3) is 0 Å².